The number of anilines is 1. The first-order valence-corrected chi connectivity index (χ1v) is 8.12. The van der Waals surface area contributed by atoms with Gasteiger partial charge in [-0.2, -0.15) is 0 Å². The van der Waals surface area contributed by atoms with Gasteiger partial charge in [0.05, 0.1) is 21.5 Å². The first-order valence-electron chi connectivity index (χ1n) is 5.37. The van der Waals surface area contributed by atoms with Gasteiger partial charge < -0.3 is 0 Å². The maximum absolute atomic E-state index is 12.1. The van der Waals surface area contributed by atoms with E-state index in [1.165, 1.54) is 26.0 Å². The van der Waals surface area contributed by atoms with Crippen molar-refractivity contribution >= 4 is 55.8 Å². The highest BCUT2D eigenvalue weighted by Crippen LogP contribution is 2.35. The van der Waals surface area contributed by atoms with Gasteiger partial charge in [-0.25, -0.2) is 8.42 Å². The highest BCUT2D eigenvalue weighted by atomic mass is 35.5. The summed E-state index contributed by atoms with van der Waals surface area (Å²) >= 11 is 17.3. The van der Waals surface area contributed by atoms with Crippen LogP contribution in [0.15, 0.2) is 18.2 Å². The van der Waals surface area contributed by atoms with Crippen molar-refractivity contribution < 1.29 is 13.2 Å². The van der Waals surface area contributed by atoms with Crippen molar-refractivity contribution in [3.05, 3.63) is 28.2 Å². The fourth-order valence-corrected chi connectivity index (χ4v) is 3.39. The van der Waals surface area contributed by atoms with Crippen molar-refractivity contribution in [2.75, 3.05) is 10.1 Å². The lowest BCUT2D eigenvalue weighted by Gasteiger charge is -2.28. The Hall–Kier alpha value is -0.490. The van der Waals surface area contributed by atoms with Crippen LogP contribution in [0.25, 0.3) is 0 Å². The average Bonchev–Trinajstić information content (AvgIpc) is 2.34. The molecule has 0 bridgehead atoms. The van der Waals surface area contributed by atoms with Crippen molar-refractivity contribution in [3.8, 4) is 0 Å². The van der Waals surface area contributed by atoms with Gasteiger partial charge in [0.25, 0.3) is 0 Å². The summed E-state index contributed by atoms with van der Waals surface area (Å²) in [5.41, 5.74) is 0.137. The van der Waals surface area contributed by atoms with Gasteiger partial charge in [0.2, 0.25) is 15.3 Å². The van der Waals surface area contributed by atoms with Gasteiger partial charge in [-0.1, -0.05) is 29.3 Å². The third kappa shape index (κ3) is 3.54. The molecule has 0 heterocycles. The minimum absolute atomic E-state index is 0.0611. The molecule has 0 amide bonds. The van der Waals surface area contributed by atoms with Crippen LogP contribution in [0.1, 0.15) is 13.8 Å². The molecule has 0 spiro atoms. The minimum atomic E-state index is -3.71. The molecule has 8 heteroatoms. The summed E-state index contributed by atoms with van der Waals surface area (Å²) in [5.74, 6) is -0.190. The molecule has 1 aromatic rings. The van der Waals surface area contributed by atoms with Crippen molar-refractivity contribution in [1.82, 2.24) is 0 Å². The summed E-state index contributed by atoms with van der Waals surface area (Å²) < 4.78 is 25.1. The molecule has 0 fully saturated rings. The van der Waals surface area contributed by atoms with Crippen LogP contribution < -0.4 is 4.31 Å². The largest absolute Gasteiger partial charge is 0.279 e. The van der Waals surface area contributed by atoms with E-state index < -0.39 is 21.3 Å². The summed E-state index contributed by atoms with van der Waals surface area (Å²) in [5, 5.41) is -0.538. The number of hydrogen-bond donors (Lipinski definition) is 0. The normalized spacial score (nSPS) is 13.1. The van der Waals surface area contributed by atoms with E-state index in [0.29, 0.717) is 0 Å². The van der Waals surface area contributed by atoms with Crippen LogP contribution in [0, 0.1) is 0 Å². The highest BCUT2D eigenvalue weighted by molar-refractivity contribution is 7.92. The van der Waals surface area contributed by atoms with E-state index in [9.17, 15) is 13.2 Å². The molecule has 1 atom stereocenters. The van der Waals surface area contributed by atoms with E-state index in [1.807, 2.05) is 0 Å². The topological polar surface area (TPSA) is 54.5 Å². The number of rotatable bonds is 5. The minimum Gasteiger partial charge on any atom is -0.279 e. The quantitative estimate of drug-likeness (QED) is 0.770. The maximum atomic E-state index is 12.1. The molecule has 0 aliphatic heterocycles. The Balaban J connectivity index is 3.49. The number of carbonyl (C=O) groups is 1. The fraction of sp³-hybridized carbons (Fsp3) is 0.364. The summed E-state index contributed by atoms with van der Waals surface area (Å²) in [6.45, 7) is 2.85. The van der Waals surface area contributed by atoms with E-state index in [0.717, 1.165) is 4.31 Å². The van der Waals surface area contributed by atoms with Gasteiger partial charge in [-0.15, -0.1) is 0 Å². The van der Waals surface area contributed by atoms with Gasteiger partial charge in [-0.3, -0.25) is 9.10 Å². The number of nitrogens with zero attached hydrogens (tertiary/aromatic N) is 1. The number of sulfonamides is 1. The number of halogens is 3. The molecule has 1 aromatic carbocycles. The number of carbonyl (C=O) groups excluding carboxylic acids is 1. The summed E-state index contributed by atoms with van der Waals surface area (Å²) in [6, 6.07) is 3.48. The van der Waals surface area contributed by atoms with Gasteiger partial charge in [0, 0.05) is 0 Å². The molecule has 0 aliphatic carbocycles. The van der Waals surface area contributed by atoms with Crippen LogP contribution in [0.2, 0.25) is 10.0 Å². The lowest BCUT2D eigenvalue weighted by Crippen LogP contribution is -2.43. The van der Waals surface area contributed by atoms with E-state index >= 15 is 0 Å². The Morgan fingerprint density at radius 2 is 1.95 bits per heavy atom. The number of benzene rings is 1. The second-order valence-electron chi connectivity index (χ2n) is 3.75. The fourth-order valence-electron chi connectivity index (χ4n) is 1.49. The zero-order chi connectivity index (χ0) is 14.8. The number of hydrogen-bond acceptors (Lipinski definition) is 3. The molecule has 1 unspecified atom stereocenters. The standard InChI is InChI=1S/C11H12Cl3NO3S/c1-3-19(17,18)15(7(2)11(14)16)9-6-4-5-8(12)10(9)13/h4-7H,3H2,1-2H3. The summed E-state index contributed by atoms with van der Waals surface area (Å²) in [7, 11) is -3.71. The lowest BCUT2D eigenvalue weighted by atomic mass is 10.3. The molecule has 1 rings (SSSR count). The summed E-state index contributed by atoms with van der Waals surface area (Å²) in [6.07, 6.45) is 0. The van der Waals surface area contributed by atoms with Crippen molar-refractivity contribution in [3.63, 3.8) is 0 Å². The van der Waals surface area contributed by atoms with Gasteiger partial charge in [0.15, 0.2) is 0 Å². The van der Waals surface area contributed by atoms with Crippen LogP contribution in [-0.4, -0.2) is 25.5 Å². The van der Waals surface area contributed by atoms with E-state index in [1.54, 1.807) is 6.07 Å². The van der Waals surface area contributed by atoms with Crippen LogP contribution >= 0.6 is 34.8 Å². The SMILES string of the molecule is CCS(=O)(=O)N(c1cccc(Cl)c1Cl)C(C)C(=O)Cl. The van der Waals surface area contributed by atoms with Crippen LogP contribution in [-0.2, 0) is 14.8 Å². The van der Waals surface area contributed by atoms with Gasteiger partial charge in [-0.05, 0) is 37.6 Å². The Kier molecular flexibility index (Phi) is 5.50. The Labute approximate surface area is 127 Å². The molecule has 106 valence electrons. The predicted molar refractivity (Wildman–Crippen MR) is 78.7 cm³/mol. The molecule has 0 radical (unpaired) electrons. The molecule has 19 heavy (non-hydrogen) atoms. The van der Waals surface area contributed by atoms with E-state index in [-0.39, 0.29) is 21.5 Å². The second kappa shape index (κ2) is 6.31. The zero-order valence-corrected chi connectivity index (χ0v) is 13.3. The van der Waals surface area contributed by atoms with Crippen molar-refractivity contribution in [2.45, 2.75) is 19.9 Å². The third-order valence-electron chi connectivity index (χ3n) is 2.51. The molecular weight excluding hydrogens is 333 g/mol. The van der Waals surface area contributed by atoms with Crippen LogP contribution in [0.3, 0.4) is 0 Å². The lowest BCUT2D eigenvalue weighted by molar-refractivity contribution is -0.112. The van der Waals surface area contributed by atoms with E-state index in [4.69, 9.17) is 34.8 Å². The molecular formula is C11H12Cl3NO3S. The third-order valence-corrected chi connectivity index (χ3v) is 5.48. The molecule has 0 saturated heterocycles. The van der Waals surface area contributed by atoms with Crippen LogP contribution in [0.4, 0.5) is 5.69 Å². The molecule has 0 saturated carbocycles. The predicted octanol–water partition coefficient (Wildman–Crippen LogP) is 3.30. The molecule has 0 N–H and O–H groups in total. The monoisotopic (exact) mass is 343 g/mol. The van der Waals surface area contributed by atoms with Crippen molar-refractivity contribution in [2.24, 2.45) is 0 Å². The van der Waals surface area contributed by atoms with E-state index in [2.05, 4.69) is 0 Å². The van der Waals surface area contributed by atoms with Gasteiger partial charge >= 0.3 is 0 Å². The van der Waals surface area contributed by atoms with Crippen LogP contribution in [0.5, 0.6) is 0 Å². The Bertz CT molecular complexity index is 589. The average molecular weight is 345 g/mol. The highest BCUT2D eigenvalue weighted by Gasteiger charge is 2.31. The first kappa shape index (κ1) is 16.6. The van der Waals surface area contributed by atoms with Crippen molar-refractivity contribution in [1.29, 1.82) is 0 Å². The Morgan fingerprint density at radius 3 is 2.42 bits per heavy atom. The zero-order valence-electron chi connectivity index (χ0n) is 10.2. The molecule has 4 nitrogen and oxygen atoms in total. The Morgan fingerprint density at radius 1 is 1.37 bits per heavy atom. The van der Waals surface area contributed by atoms with Gasteiger partial charge in [0.1, 0.15) is 6.04 Å². The second-order valence-corrected chi connectivity index (χ2v) is 7.04. The maximum Gasteiger partial charge on any atom is 0.245 e. The molecule has 0 aliphatic rings. The molecule has 0 aromatic heterocycles. The summed E-state index contributed by atoms with van der Waals surface area (Å²) in [4.78, 5) is 11.3. The smallest absolute Gasteiger partial charge is 0.245 e. The first-order chi connectivity index (χ1) is 8.72.